The Balaban J connectivity index is 1.56. The van der Waals surface area contributed by atoms with Gasteiger partial charge in [-0.3, -0.25) is 9.69 Å². The number of aromatic nitrogens is 2. The highest BCUT2D eigenvalue weighted by Gasteiger charge is 2.39. The summed E-state index contributed by atoms with van der Waals surface area (Å²) in [6.07, 6.45) is -0.282. The van der Waals surface area contributed by atoms with Crippen molar-refractivity contribution in [3.8, 4) is 0 Å². The molecular formula is C14H14N4O3. The molecule has 2 aromatic rings. The predicted octanol–water partition coefficient (Wildman–Crippen LogP) is 0.839. The number of amides is 2. The van der Waals surface area contributed by atoms with Crippen LogP contribution in [-0.4, -0.2) is 64.1 Å². The molecule has 1 atom stereocenters. The largest absolute Gasteiger partial charge is 0.447 e. The third-order valence-corrected chi connectivity index (χ3v) is 4.00. The number of aromatic amines is 1. The zero-order chi connectivity index (χ0) is 14.4. The number of carbonyl (C=O) groups is 2. The lowest BCUT2D eigenvalue weighted by molar-refractivity contribution is 0.0606. The minimum absolute atomic E-state index is 0.0421. The van der Waals surface area contributed by atoms with Gasteiger partial charge in [0.15, 0.2) is 5.82 Å². The van der Waals surface area contributed by atoms with Crippen LogP contribution in [-0.2, 0) is 4.74 Å². The predicted molar refractivity (Wildman–Crippen MR) is 73.8 cm³/mol. The topological polar surface area (TPSA) is 78.5 Å². The van der Waals surface area contributed by atoms with E-state index < -0.39 is 0 Å². The maximum atomic E-state index is 12.5. The zero-order valence-electron chi connectivity index (χ0n) is 11.3. The molecule has 0 bridgehead atoms. The summed E-state index contributed by atoms with van der Waals surface area (Å²) < 4.78 is 5.01. The van der Waals surface area contributed by atoms with Crippen molar-refractivity contribution in [1.29, 1.82) is 0 Å². The van der Waals surface area contributed by atoms with Gasteiger partial charge in [-0.15, -0.1) is 0 Å². The summed E-state index contributed by atoms with van der Waals surface area (Å²) >= 11 is 0. The number of hydrogen-bond acceptors (Lipinski definition) is 4. The average molecular weight is 286 g/mol. The number of fused-ring (bicyclic) bond motifs is 2. The molecule has 1 N–H and O–H groups in total. The Bertz CT molecular complexity index is 693. The van der Waals surface area contributed by atoms with Crippen LogP contribution in [0.2, 0.25) is 0 Å². The number of hydrogen-bond donors (Lipinski definition) is 1. The highest BCUT2D eigenvalue weighted by Crippen LogP contribution is 2.19. The van der Waals surface area contributed by atoms with Crippen molar-refractivity contribution >= 4 is 23.0 Å². The van der Waals surface area contributed by atoms with E-state index >= 15 is 0 Å². The first-order valence-electron chi connectivity index (χ1n) is 6.90. The summed E-state index contributed by atoms with van der Waals surface area (Å²) in [6.45, 7) is 1.85. The molecule has 2 aliphatic heterocycles. The molecule has 7 nitrogen and oxygen atoms in total. The Kier molecular flexibility index (Phi) is 2.60. The van der Waals surface area contributed by atoms with Gasteiger partial charge in [-0.1, -0.05) is 12.1 Å². The van der Waals surface area contributed by atoms with Crippen molar-refractivity contribution < 1.29 is 14.3 Å². The smallest absolute Gasteiger partial charge is 0.410 e. The van der Waals surface area contributed by atoms with Gasteiger partial charge in [0.25, 0.3) is 5.91 Å². The normalized spacial score (nSPS) is 21.5. The molecule has 0 spiro atoms. The quantitative estimate of drug-likeness (QED) is 0.842. The van der Waals surface area contributed by atoms with Crippen molar-refractivity contribution in [1.82, 2.24) is 19.8 Å². The molecule has 1 aromatic heterocycles. The number of ether oxygens (including phenoxy) is 1. The monoisotopic (exact) mass is 286 g/mol. The van der Waals surface area contributed by atoms with Gasteiger partial charge < -0.3 is 14.6 Å². The van der Waals surface area contributed by atoms with Gasteiger partial charge in [0.05, 0.1) is 17.1 Å². The Morgan fingerprint density at radius 2 is 2.19 bits per heavy atom. The second-order valence-corrected chi connectivity index (χ2v) is 5.28. The minimum atomic E-state index is -0.282. The van der Waals surface area contributed by atoms with E-state index in [-0.39, 0.29) is 18.0 Å². The Labute approximate surface area is 120 Å². The number of nitrogens with zero attached hydrogens (tertiary/aromatic N) is 3. The van der Waals surface area contributed by atoms with Crippen LogP contribution in [0.3, 0.4) is 0 Å². The van der Waals surface area contributed by atoms with Crippen LogP contribution in [0, 0.1) is 0 Å². The zero-order valence-corrected chi connectivity index (χ0v) is 11.3. The van der Waals surface area contributed by atoms with Gasteiger partial charge in [-0.2, -0.15) is 0 Å². The summed E-state index contributed by atoms with van der Waals surface area (Å²) in [5, 5.41) is 0. The standard InChI is InChI=1S/C14H14N4O3/c19-13(12-15-10-3-1-2-4-11(10)16-12)17-5-6-18-9(7-17)8-21-14(18)20/h1-4,9H,5-8H2,(H,15,16). The third kappa shape index (κ3) is 1.93. The van der Waals surface area contributed by atoms with Gasteiger partial charge >= 0.3 is 6.09 Å². The highest BCUT2D eigenvalue weighted by atomic mass is 16.6. The molecule has 0 saturated carbocycles. The Morgan fingerprint density at radius 3 is 3.05 bits per heavy atom. The highest BCUT2D eigenvalue weighted by molar-refractivity contribution is 5.94. The van der Waals surface area contributed by atoms with Gasteiger partial charge in [-0.05, 0) is 12.1 Å². The SMILES string of the molecule is O=C(c1nc2ccccc2[nH]1)N1CCN2C(=O)OCC2C1. The number of benzene rings is 1. The van der Waals surface area contributed by atoms with E-state index in [2.05, 4.69) is 9.97 Å². The number of piperazine rings is 1. The number of imidazole rings is 1. The van der Waals surface area contributed by atoms with E-state index in [9.17, 15) is 9.59 Å². The van der Waals surface area contributed by atoms with E-state index in [1.807, 2.05) is 24.3 Å². The van der Waals surface area contributed by atoms with Crippen molar-refractivity contribution in [2.45, 2.75) is 6.04 Å². The molecule has 2 saturated heterocycles. The van der Waals surface area contributed by atoms with Crippen LogP contribution in [0.4, 0.5) is 4.79 Å². The fourth-order valence-corrected chi connectivity index (χ4v) is 2.88. The maximum absolute atomic E-state index is 12.5. The number of nitrogens with one attached hydrogen (secondary N) is 1. The summed E-state index contributed by atoms with van der Waals surface area (Å²) in [7, 11) is 0. The van der Waals surface area contributed by atoms with Crippen molar-refractivity contribution in [2.24, 2.45) is 0 Å². The third-order valence-electron chi connectivity index (χ3n) is 4.00. The van der Waals surface area contributed by atoms with Crippen LogP contribution >= 0.6 is 0 Å². The first-order chi connectivity index (χ1) is 10.2. The fourth-order valence-electron chi connectivity index (χ4n) is 2.88. The van der Waals surface area contributed by atoms with Gasteiger partial charge in [0.1, 0.15) is 6.61 Å². The van der Waals surface area contributed by atoms with Crippen LogP contribution in [0.5, 0.6) is 0 Å². The molecule has 2 fully saturated rings. The lowest BCUT2D eigenvalue weighted by Crippen LogP contribution is -2.53. The van der Waals surface area contributed by atoms with Crippen LogP contribution < -0.4 is 0 Å². The van der Waals surface area contributed by atoms with Crippen LogP contribution in [0.15, 0.2) is 24.3 Å². The van der Waals surface area contributed by atoms with Crippen LogP contribution in [0.1, 0.15) is 10.6 Å². The number of rotatable bonds is 1. The van der Waals surface area contributed by atoms with E-state index in [1.165, 1.54) is 0 Å². The van der Waals surface area contributed by atoms with Crippen molar-refractivity contribution in [2.75, 3.05) is 26.2 Å². The number of carbonyl (C=O) groups excluding carboxylic acids is 2. The molecule has 7 heteroatoms. The lowest BCUT2D eigenvalue weighted by Gasteiger charge is -2.34. The van der Waals surface area contributed by atoms with Crippen molar-refractivity contribution in [3.63, 3.8) is 0 Å². The first kappa shape index (κ1) is 12.2. The summed E-state index contributed by atoms with van der Waals surface area (Å²) in [4.78, 5) is 34.8. The Hall–Kier alpha value is -2.57. The average Bonchev–Trinajstić information content (AvgIpc) is 3.10. The number of H-pyrrole nitrogens is 1. The molecular weight excluding hydrogens is 272 g/mol. The van der Waals surface area contributed by atoms with E-state index in [0.29, 0.717) is 32.1 Å². The minimum Gasteiger partial charge on any atom is -0.447 e. The molecule has 1 unspecified atom stereocenters. The molecule has 21 heavy (non-hydrogen) atoms. The van der Waals surface area contributed by atoms with E-state index in [4.69, 9.17) is 4.74 Å². The second-order valence-electron chi connectivity index (χ2n) is 5.28. The van der Waals surface area contributed by atoms with Gasteiger partial charge in [0, 0.05) is 19.6 Å². The number of cyclic esters (lactones) is 1. The summed E-state index contributed by atoms with van der Waals surface area (Å²) in [6, 6.07) is 7.50. The summed E-state index contributed by atoms with van der Waals surface area (Å²) in [5.74, 6) is 0.208. The lowest BCUT2D eigenvalue weighted by atomic mass is 10.2. The van der Waals surface area contributed by atoms with E-state index in [1.54, 1.807) is 9.80 Å². The molecule has 0 radical (unpaired) electrons. The molecule has 2 aliphatic rings. The number of para-hydroxylation sites is 2. The maximum Gasteiger partial charge on any atom is 0.410 e. The van der Waals surface area contributed by atoms with Gasteiger partial charge in [-0.25, -0.2) is 9.78 Å². The molecule has 2 amide bonds. The fraction of sp³-hybridized carbons (Fsp3) is 0.357. The molecule has 1 aromatic carbocycles. The van der Waals surface area contributed by atoms with Crippen molar-refractivity contribution in [3.05, 3.63) is 30.1 Å². The molecule has 4 rings (SSSR count). The first-order valence-corrected chi connectivity index (χ1v) is 6.90. The molecule has 108 valence electrons. The summed E-state index contributed by atoms with van der Waals surface area (Å²) in [5.41, 5.74) is 1.62. The molecule has 0 aliphatic carbocycles. The Morgan fingerprint density at radius 1 is 1.33 bits per heavy atom. The van der Waals surface area contributed by atoms with Crippen LogP contribution in [0.25, 0.3) is 11.0 Å². The molecule has 3 heterocycles. The second kappa shape index (κ2) is 4.47. The van der Waals surface area contributed by atoms with E-state index in [0.717, 1.165) is 11.0 Å². The van der Waals surface area contributed by atoms with Gasteiger partial charge in [0.2, 0.25) is 0 Å².